The number of amides is 1. The topological polar surface area (TPSA) is 55.7 Å². The summed E-state index contributed by atoms with van der Waals surface area (Å²) in [6.45, 7) is 15.4. The third kappa shape index (κ3) is 7.03. The van der Waals surface area contributed by atoms with Gasteiger partial charge in [0, 0.05) is 22.8 Å². The van der Waals surface area contributed by atoms with Crippen LogP contribution in [0.25, 0.3) is 22.2 Å². The van der Waals surface area contributed by atoms with Gasteiger partial charge in [-0.25, -0.2) is 4.98 Å². The average Bonchev–Trinajstić information content (AvgIpc) is 2.78. The zero-order valence-corrected chi connectivity index (χ0v) is 20.7. The summed E-state index contributed by atoms with van der Waals surface area (Å²) in [5, 5.41) is 4.04. The van der Waals surface area contributed by atoms with Crippen LogP contribution >= 0.6 is 0 Å². The monoisotopic (exact) mass is 448 g/mol. The minimum Gasteiger partial charge on any atom is -0.494 e. The number of pyridine rings is 1. The van der Waals surface area contributed by atoms with E-state index in [4.69, 9.17) is 9.72 Å². The maximum Gasteiger partial charge on any atom is 0.252 e. The van der Waals surface area contributed by atoms with Crippen molar-refractivity contribution >= 4 is 16.8 Å². The Hall–Kier alpha value is -2.92. The molecule has 1 aromatic heterocycles. The predicted molar refractivity (Wildman–Crippen MR) is 136 cm³/mol. The van der Waals surface area contributed by atoms with Gasteiger partial charge >= 0.3 is 0 Å². The van der Waals surface area contributed by atoms with Crippen molar-refractivity contribution in [3.05, 3.63) is 60.2 Å². The van der Waals surface area contributed by atoms with Crippen molar-refractivity contribution in [2.24, 2.45) is 11.8 Å². The van der Waals surface area contributed by atoms with Gasteiger partial charge in [0.15, 0.2) is 0 Å². The van der Waals surface area contributed by atoms with Gasteiger partial charge in [-0.3, -0.25) is 4.79 Å². The molecular weight excluding hydrogens is 410 g/mol. The fraction of sp³-hybridized carbons (Fsp3) is 0.429. The van der Waals surface area contributed by atoms with Gasteiger partial charge in [-0.05, 0) is 43.3 Å². The SMILES string of the molecule is CCOc1ccc(-c2cc(C(=O)NCC[NH+](CC(C)C)CC(C)C)c3ccccc3n2)cc1. The molecule has 33 heavy (non-hydrogen) atoms. The standard InChI is InChI=1S/C28H37N3O2/c1-6-33-23-13-11-22(12-14-23)27-17-25(24-9-7-8-10-26(24)30-27)28(32)29-15-16-31(18-20(2)3)19-21(4)5/h7-14,17,20-21H,6,15-16,18-19H2,1-5H3,(H,29,32)/p+1. The molecule has 0 bridgehead atoms. The highest BCUT2D eigenvalue weighted by Gasteiger charge is 2.16. The van der Waals surface area contributed by atoms with Crippen LogP contribution in [0.1, 0.15) is 45.0 Å². The van der Waals surface area contributed by atoms with Crippen LogP contribution in [0.2, 0.25) is 0 Å². The predicted octanol–water partition coefficient (Wildman–Crippen LogP) is 4.23. The molecule has 2 aromatic carbocycles. The molecular formula is C28H38N3O2+. The number of carbonyl (C=O) groups excluding carboxylic acids is 1. The van der Waals surface area contributed by atoms with Gasteiger partial charge in [0.2, 0.25) is 0 Å². The summed E-state index contributed by atoms with van der Waals surface area (Å²) in [6, 6.07) is 17.6. The van der Waals surface area contributed by atoms with Crippen LogP contribution in [0, 0.1) is 11.8 Å². The molecule has 0 unspecified atom stereocenters. The Labute approximate surface area is 198 Å². The van der Waals surface area contributed by atoms with Crippen LogP contribution in [-0.2, 0) is 0 Å². The minimum absolute atomic E-state index is 0.0470. The molecule has 3 rings (SSSR count). The summed E-state index contributed by atoms with van der Waals surface area (Å²) < 4.78 is 5.55. The Morgan fingerprint density at radius 2 is 1.67 bits per heavy atom. The lowest BCUT2D eigenvalue weighted by Crippen LogP contribution is -3.13. The van der Waals surface area contributed by atoms with Gasteiger partial charge in [-0.1, -0.05) is 45.9 Å². The van der Waals surface area contributed by atoms with Crippen molar-refractivity contribution in [3.63, 3.8) is 0 Å². The van der Waals surface area contributed by atoms with Crippen molar-refractivity contribution in [2.45, 2.75) is 34.6 Å². The van der Waals surface area contributed by atoms with E-state index in [-0.39, 0.29) is 5.91 Å². The summed E-state index contributed by atoms with van der Waals surface area (Å²) in [6.07, 6.45) is 0. The third-order valence-electron chi connectivity index (χ3n) is 5.58. The van der Waals surface area contributed by atoms with Gasteiger partial charge in [-0.15, -0.1) is 0 Å². The smallest absolute Gasteiger partial charge is 0.252 e. The van der Waals surface area contributed by atoms with Gasteiger partial charge in [0.1, 0.15) is 5.75 Å². The molecule has 0 aliphatic carbocycles. The molecule has 0 atom stereocenters. The quantitative estimate of drug-likeness (QED) is 0.462. The molecule has 1 amide bonds. The molecule has 0 aliphatic rings. The van der Waals surface area contributed by atoms with E-state index in [1.807, 2.05) is 61.5 Å². The number of hydrogen-bond donors (Lipinski definition) is 2. The number of rotatable bonds is 11. The van der Waals surface area contributed by atoms with Crippen molar-refractivity contribution in [3.8, 4) is 17.0 Å². The Kier molecular flexibility index (Phi) is 8.84. The van der Waals surface area contributed by atoms with Crippen LogP contribution in [0.15, 0.2) is 54.6 Å². The first-order valence-corrected chi connectivity index (χ1v) is 12.1. The van der Waals surface area contributed by atoms with Gasteiger partial charge < -0.3 is 15.0 Å². The highest BCUT2D eigenvalue weighted by Crippen LogP contribution is 2.26. The summed E-state index contributed by atoms with van der Waals surface area (Å²) in [7, 11) is 0. The van der Waals surface area contributed by atoms with E-state index in [0.717, 1.165) is 47.5 Å². The Balaban J connectivity index is 1.80. The fourth-order valence-electron chi connectivity index (χ4n) is 4.29. The summed E-state index contributed by atoms with van der Waals surface area (Å²) >= 11 is 0. The van der Waals surface area contributed by atoms with Crippen molar-refractivity contribution in [1.29, 1.82) is 0 Å². The highest BCUT2D eigenvalue weighted by molar-refractivity contribution is 6.07. The number of hydrogen-bond acceptors (Lipinski definition) is 3. The number of quaternary nitrogens is 1. The van der Waals surface area contributed by atoms with E-state index in [2.05, 4.69) is 33.0 Å². The zero-order chi connectivity index (χ0) is 23.8. The summed E-state index contributed by atoms with van der Waals surface area (Å²) in [4.78, 5) is 19.6. The number of nitrogens with zero attached hydrogens (tertiary/aromatic N) is 1. The molecule has 0 aliphatic heterocycles. The molecule has 0 radical (unpaired) electrons. The first-order valence-electron chi connectivity index (χ1n) is 12.1. The molecule has 3 aromatic rings. The molecule has 0 spiro atoms. The second-order valence-corrected chi connectivity index (χ2v) is 9.48. The lowest BCUT2D eigenvalue weighted by molar-refractivity contribution is -0.904. The first kappa shape index (κ1) is 24.7. The van der Waals surface area contributed by atoms with E-state index in [1.54, 1.807) is 0 Å². The van der Waals surface area contributed by atoms with Gasteiger partial charge in [-0.2, -0.15) is 0 Å². The van der Waals surface area contributed by atoms with Gasteiger partial charge in [0.05, 0.1) is 49.6 Å². The van der Waals surface area contributed by atoms with E-state index >= 15 is 0 Å². The largest absolute Gasteiger partial charge is 0.494 e. The Bertz CT molecular complexity index is 1030. The van der Waals surface area contributed by atoms with E-state index in [0.29, 0.717) is 30.6 Å². The fourth-order valence-corrected chi connectivity index (χ4v) is 4.29. The molecule has 0 fully saturated rings. The third-order valence-corrected chi connectivity index (χ3v) is 5.58. The highest BCUT2D eigenvalue weighted by atomic mass is 16.5. The van der Waals surface area contributed by atoms with Crippen LogP contribution in [-0.4, -0.2) is 43.7 Å². The molecule has 5 nitrogen and oxygen atoms in total. The number of ether oxygens (including phenoxy) is 1. The van der Waals surface area contributed by atoms with Crippen LogP contribution in [0.5, 0.6) is 5.75 Å². The van der Waals surface area contributed by atoms with E-state index in [9.17, 15) is 4.79 Å². The minimum atomic E-state index is -0.0470. The lowest BCUT2D eigenvalue weighted by atomic mass is 10.0. The number of para-hydroxylation sites is 1. The number of carbonyl (C=O) groups is 1. The Morgan fingerprint density at radius 1 is 1.00 bits per heavy atom. The van der Waals surface area contributed by atoms with E-state index in [1.165, 1.54) is 4.90 Å². The van der Waals surface area contributed by atoms with Crippen LogP contribution < -0.4 is 15.0 Å². The van der Waals surface area contributed by atoms with Crippen molar-refractivity contribution < 1.29 is 14.4 Å². The number of fused-ring (bicyclic) bond motifs is 1. The normalized spacial score (nSPS) is 11.5. The second-order valence-electron chi connectivity index (χ2n) is 9.48. The second kappa shape index (κ2) is 11.8. The maximum absolute atomic E-state index is 13.2. The van der Waals surface area contributed by atoms with E-state index < -0.39 is 0 Å². The molecule has 2 N–H and O–H groups in total. The van der Waals surface area contributed by atoms with Crippen LogP contribution in [0.4, 0.5) is 0 Å². The number of nitrogens with one attached hydrogen (secondary N) is 2. The van der Waals surface area contributed by atoms with Crippen molar-refractivity contribution in [1.82, 2.24) is 10.3 Å². The molecule has 176 valence electrons. The number of benzene rings is 2. The molecule has 0 saturated heterocycles. The molecule has 5 heteroatoms. The maximum atomic E-state index is 13.2. The van der Waals surface area contributed by atoms with Crippen LogP contribution in [0.3, 0.4) is 0 Å². The first-order chi connectivity index (χ1) is 15.9. The number of aromatic nitrogens is 1. The zero-order valence-electron chi connectivity index (χ0n) is 20.7. The molecule has 1 heterocycles. The van der Waals surface area contributed by atoms with Gasteiger partial charge in [0.25, 0.3) is 5.91 Å². The summed E-state index contributed by atoms with van der Waals surface area (Å²) in [5.74, 6) is 2.05. The summed E-state index contributed by atoms with van der Waals surface area (Å²) in [5.41, 5.74) is 3.23. The lowest BCUT2D eigenvalue weighted by Gasteiger charge is -2.23. The van der Waals surface area contributed by atoms with Crippen molar-refractivity contribution in [2.75, 3.05) is 32.8 Å². The molecule has 0 saturated carbocycles. The Morgan fingerprint density at radius 3 is 2.30 bits per heavy atom. The average molecular weight is 449 g/mol.